The van der Waals surface area contributed by atoms with Gasteiger partial charge in [0.05, 0.1) is 0 Å². The molecule has 0 atom stereocenters. The van der Waals surface area contributed by atoms with Gasteiger partial charge in [-0.3, -0.25) is 0 Å². The fourth-order valence-corrected chi connectivity index (χ4v) is 0.716. The van der Waals surface area contributed by atoms with E-state index in [2.05, 4.69) is 19.2 Å². The molecule has 0 aliphatic rings. The second kappa shape index (κ2) is 6.37. The zero-order valence-corrected chi connectivity index (χ0v) is 7.04. The quantitative estimate of drug-likeness (QED) is 0.465. The van der Waals surface area contributed by atoms with Crippen molar-refractivity contribution in [3.63, 3.8) is 0 Å². The molecule has 0 spiro atoms. The molecule has 0 aromatic heterocycles. The van der Waals surface area contributed by atoms with Crippen LogP contribution in [0.5, 0.6) is 0 Å². The normalized spacial score (nSPS) is 10.7. The van der Waals surface area contributed by atoms with Crippen molar-refractivity contribution in [2.45, 2.75) is 20.3 Å². The topological polar surface area (TPSA) is 12.0 Å². The molecule has 0 aliphatic carbocycles. The summed E-state index contributed by atoms with van der Waals surface area (Å²) in [7, 11) is 0. The molecule has 0 fully saturated rings. The second-order valence-electron chi connectivity index (χ2n) is 2.64. The van der Waals surface area contributed by atoms with E-state index in [0.29, 0.717) is 0 Å². The molecule has 0 heterocycles. The lowest BCUT2D eigenvalue weighted by atomic mass is 10.2. The molecule has 0 aromatic carbocycles. The lowest BCUT2D eigenvalue weighted by molar-refractivity contribution is 0.551. The maximum absolute atomic E-state index is 5.48. The Morgan fingerprint density at radius 1 is 1.44 bits per heavy atom. The molecule has 0 saturated carbocycles. The van der Waals surface area contributed by atoms with Crippen molar-refractivity contribution in [2.24, 2.45) is 5.92 Å². The van der Waals surface area contributed by atoms with Crippen LogP contribution in [0.2, 0.25) is 0 Å². The van der Waals surface area contributed by atoms with E-state index < -0.39 is 0 Å². The molecule has 1 N–H and O–H groups in total. The van der Waals surface area contributed by atoms with Gasteiger partial charge in [-0.05, 0) is 25.4 Å². The number of alkyl halides is 1. The molecule has 0 unspecified atom stereocenters. The Hall–Kier alpha value is 0.250. The van der Waals surface area contributed by atoms with Crippen LogP contribution in [0.25, 0.3) is 0 Å². The van der Waals surface area contributed by atoms with E-state index in [0.717, 1.165) is 31.3 Å². The van der Waals surface area contributed by atoms with Crippen LogP contribution in [0.1, 0.15) is 20.3 Å². The Kier molecular flexibility index (Phi) is 6.55. The van der Waals surface area contributed by atoms with Gasteiger partial charge < -0.3 is 5.32 Å². The first kappa shape index (κ1) is 9.25. The summed E-state index contributed by atoms with van der Waals surface area (Å²) in [5.74, 6) is 1.52. The van der Waals surface area contributed by atoms with Crippen molar-refractivity contribution >= 4 is 11.6 Å². The molecule has 0 aromatic rings. The minimum absolute atomic E-state index is 0.750. The Bertz CT molecular complexity index is 54.9. The first-order chi connectivity index (χ1) is 4.27. The van der Waals surface area contributed by atoms with E-state index in [-0.39, 0.29) is 0 Å². The van der Waals surface area contributed by atoms with Crippen LogP contribution in [-0.4, -0.2) is 19.0 Å². The summed E-state index contributed by atoms with van der Waals surface area (Å²) in [6.07, 6.45) is 1.08. The molecular weight excluding hydrogens is 134 g/mol. The summed E-state index contributed by atoms with van der Waals surface area (Å²) in [5, 5.41) is 3.30. The lowest BCUT2D eigenvalue weighted by Crippen LogP contribution is -2.20. The fraction of sp³-hybridized carbons (Fsp3) is 1.00. The van der Waals surface area contributed by atoms with E-state index in [1.165, 1.54) is 0 Å². The van der Waals surface area contributed by atoms with E-state index in [1.807, 2.05) is 0 Å². The van der Waals surface area contributed by atoms with Crippen LogP contribution in [-0.2, 0) is 0 Å². The second-order valence-corrected chi connectivity index (χ2v) is 3.02. The maximum atomic E-state index is 5.48. The third kappa shape index (κ3) is 8.25. The van der Waals surface area contributed by atoms with Crippen molar-refractivity contribution in [2.75, 3.05) is 19.0 Å². The monoisotopic (exact) mass is 149 g/mol. The Morgan fingerprint density at radius 3 is 2.56 bits per heavy atom. The van der Waals surface area contributed by atoms with Crippen LogP contribution < -0.4 is 5.32 Å². The first-order valence-electron chi connectivity index (χ1n) is 3.54. The molecule has 2 heteroatoms. The Labute approximate surface area is 62.8 Å². The molecule has 9 heavy (non-hydrogen) atoms. The fourth-order valence-electron chi connectivity index (χ4n) is 0.583. The maximum Gasteiger partial charge on any atom is 0.0235 e. The van der Waals surface area contributed by atoms with E-state index >= 15 is 0 Å². The first-order valence-corrected chi connectivity index (χ1v) is 4.07. The molecule has 0 bridgehead atoms. The zero-order chi connectivity index (χ0) is 7.11. The van der Waals surface area contributed by atoms with Crippen molar-refractivity contribution < 1.29 is 0 Å². The number of nitrogens with one attached hydrogen (secondary N) is 1. The molecule has 1 nitrogen and oxygen atoms in total. The highest BCUT2D eigenvalue weighted by molar-refractivity contribution is 6.17. The SMILES string of the molecule is CC(C)CNCCCCl. The summed E-state index contributed by atoms with van der Waals surface area (Å²) >= 11 is 5.48. The highest BCUT2D eigenvalue weighted by Gasteiger charge is 1.90. The number of hydrogen-bond acceptors (Lipinski definition) is 1. The highest BCUT2D eigenvalue weighted by Crippen LogP contribution is 1.87. The molecule has 0 aliphatic heterocycles. The van der Waals surface area contributed by atoms with Crippen LogP contribution in [0.3, 0.4) is 0 Å². The molecule has 0 radical (unpaired) electrons. The average molecular weight is 150 g/mol. The highest BCUT2D eigenvalue weighted by atomic mass is 35.5. The minimum Gasteiger partial charge on any atom is -0.316 e. The van der Waals surface area contributed by atoms with Crippen molar-refractivity contribution in [1.82, 2.24) is 5.32 Å². The van der Waals surface area contributed by atoms with Gasteiger partial charge in [-0.15, -0.1) is 11.6 Å². The summed E-state index contributed by atoms with van der Waals surface area (Å²) in [6.45, 7) is 6.57. The third-order valence-corrected chi connectivity index (χ3v) is 1.31. The lowest BCUT2D eigenvalue weighted by Gasteiger charge is -2.04. The van der Waals surface area contributed by atoms with Gasteiger partial charge in [0.1, 0.15) is 0 Å². The van der Waals surface area contributed by atoms with Gasteiger partial charge in [-0.2, -0.15) is 0 Å². The van der Waals surface area contributed by atoms with Crippen LogP contribution in [0.15, 0.2) is 0 Å². The summed E-state index contributed by atoms with van der Waals surface area (Å²) in [4.78, 5) is 0. The molecule has 0 amide bonds. The molecule has 0 rings (SSSR count). The average Bonchev–Trinajstić information content (AvgIpc) is 1.80. The van der Waals surface area contributed by atoms with Crippen molar-refractivity contribution in [3.8, 4) is 0 Å². The minimum atomic E-state index is 0.750. The van der Waals surface area contributed by atoms with Crippen LogP contribution in [0, 0.1) is 5.92 Å². The summed E-state index contributed by atoms with van der Waals surface area (Å²) < 4.78 is 0. The Balaban J connectivity index is 2.75. The van der Waals surface area contributed by atoms with Crippen molar-refractivity contribution in [3.05, 3.63) is 0 Å². The van der Waals surface area contributed by atoms with Gasteiger partial charge in [0.2, 0.25) is 0 Å². The van der Waals surface area contributed by atoms with E-state index in [4.69, 9.17) is 11.6 Å². The van der Waals surface area contributed by atoms with Gasteiger partial charge in [-0.1, -0.05) is 13.8 Å². The number of rotatable bonds is 5. The number of hydrogen-bond donors (Lipinski definition) is 1. The summed E-state index contributed by atoms with van der Waals surface area (Å²) in [5.41, 5.74) is 0. The number of halogens is 1. The molecule has 56 valence electrons. The van der Waals surface area contributed by atoms with E-state index in [9.17, 15) is 0 Å². The predicted octanol–water partition coefficient (Wildman–Crippen LogP) is 1.86. The van der Waals surface area contributed by atoms with Gasteiger partial charge in [0.15, 0.2) is 0 Å². The molecular formula is C7H16ClN. The van der Waals surface area contributed by atoms with Gasteiger partial charge in [0.25, 0.3) is 0 Å². The standard InChI is InChI=1S/C7H16ClN/c1-7(2)6-9-5-3-4-8/h7,9H,3-6H2,1-2H3. The molecule has 0 saturated heterocycles. The van der Waals surface area contributed by atoms with Crippen molar-refractivity contribution in [1.29, 1.82) is 0 Å². The van der Waals surface area contributed by atoms with Crippen LogP contribution >= 0.6 is 11.6 Å². The summed E-state index contributed by atoms with van der Waals surface area (Å²) in [6, 6.07) is 0. The van der Waals surface area contributed by atoms with Gasteiger partial charge in [-0.25, -0.2) is 0 Å². The van der Waals surface area contributed by atoms with Crippen LogP contribution in [0.4, 0.5) is 0 Å². The van der Waals surface area contributed by atoms with Gasteiger partial charge >= 0.3 is 0 Å². The Morgan fingerprint density at radius 2 is 2.11 bits per heavy atom. The third-order valence-electron chi connectivity index (χ3n) is 1.04. The smallest absolute Gasteiger partial charge is 0.0235 e. The zero-order valence-electron chi connectivity index (χ0n) is 6.28. The largest absolute Gasteiger partial charge is 0.316 e. The van der Waals surface area contributed by atoms with E-state index in [1.54, 1.807) is 0 Å². The van der Waals surface area contributed by atoms with Gasteiger partial charge in [0, 0.05) is 5.88 Å². The predicted molar refractivity (Wildman–Crippen MR) is 43.0 cm³/mol.